The zero-order valence-corrected chi connectivity index (χ0v) is 12.1. The molecule has 3 atom stereocenters. The van der Waals surface area contributed by atoms with Crippen LogP contribution in [0.2, 0.25) is 0 Å². The molecule has 3 rings (SSSR count). The highest BCUT2D eigenvalue weighted by Crippen LogP contribution is 2.36. The highest BCUT2D eigenvalue weighted by molar-refractivity contribution is 5.90. The molecule has 0 saturated carbocycles. The number of aryl methyl sites for hydroxylation is 1. The molecule has 1 aliphatic rings. The van der Waals surface area contributed by atoms with E-state index >= 15 is 0 Å². The largest absolute Gasteiger partial charge is 0.394 e. The van der Waals surface area contributed by atoms with E-state index in [1.54, 1.807) is 11.6 Å². The second-order valence-corrected chi connectivity index (χ2v) is 5.17. The molecule has 3 heterocycles. The summed E-state index contributed by atoms with van der Waals surface area (Å²) in [5, 5.41) is 13.1. The summed E-state index contributed by atoms with van der Waals surface area (Å²) in [4.78, 5) is 8.50. The van der Waals surface area contributed by atoms with Gasteiger partial charge >= 0.3 is 0 Å². The van der Waals surface area contributed by atoms with Crippen molar-refractivity contribution in [2.24, 2.45) is 0 Å². The Morgan fingerprint density at radius 2 is 2.33 bits per heavy atom. The molecule has 2 N–H and O–H groups in total. The first-order valence-electron chi connectivity index (χ1n) is 7.12. The van der Waals surface area contributed by atoms with Gasteiger partial charge in [-0.3, -0.25) is 0 Å². The van der Waals surface area contributed by atoms with Gasteiger partial charge in [0, 0.05) is 19.7 Å². The Bertz CT molecular complexity index is 645. The topological polar surface area (TPSA) is 72.2 Å². The van der Waals surface area contributed by atoms with E-state index in [0.717, 1.165) is 23.2 Å². The van der Waals surface area contributed by atoms with E-state index in [0.29, 0.717) is 5.65 Å². The van der Waals surface area contributed by atoms with Gasteiger partial charge in [-0.15, -0.1) is 0 Å². The molecule has 1 fully saturated rings. The van der Waals surface area contributed by atoms with E-state index in [4.69, 9.17) is 9.84 Å². The maximum absolute atomic E-state index is 14.2. The first-order valence-corrected chi connectivity index (χ1v) is 7.12. The van der Waals surface area contributed by atoms with Crippen molar-refractivity contribution in [2.75, 3.05) is 19.0 Å². The van der Waals surface area contributed by atoms with Gasteiger partial charge in [-0.05, 0) is 12.0 Å². The number of aliphatic hydroxyl groups excluding tert-OH is 1. The molecular weight excluding hydrogens is 275 g/mol. The van der Waals surface area contributed by atoms with Crippen LogP contribution in [0.25, 0.3) is 11.0 Å². The molecular formula is C14H19FN4O2. The molecule has 7 heteroatoms. The number of aliphatic hydroxyl groups is 1. The third-order valence-corrected chi connectivity index (χ3v) is 3.91. The molecule has 1 unspecified atom stereocenters. The van der Waals surface area contributed by atoms with E-state index < -0.39 is 18.5 Å². The van der Waals surface area contributed by atoms with Crippen molar-refractivity contribution in [1.29, 1.82) is 0 Å². The van der Waals surface area contributed by atoms with Crippen molar-refractivity contribution in [2.45, 2.75) is 38.3 Å². The number of fused-ring (bicyclic) bond motifs is 1. The number of nitrogens with zero attached hydrogens (tertiary/aromatic N) is 3. The van der Waals surface area contributed by atoms with E-state index in [1.807, 2.05) is 13.1 Å². The molecule has 114 valence electrons. The summed E-state index contributed by atoms with van der Waals surface area (Å²) in [5.41, 5.74) is 1.69. The Balaban J connectivity index is 2.11. The molecule has 6 nitrogen and oxygen atoms in total. The molecule has 1 saturated heterocycles. The Morgan fingerprint density at radius 3 is 2.95 bits per heavy atom. The second-order valence-electron chi connectivity index (χ2n) is 5.17. The van der Waals surface area contributed by atoms with Crippen LogP contribution in [-0.4, -0.2) is 45.6 Å². The minimum atomic E-state index is -1.16. The summed E-state index contributed by atoms with van der Waals surface area (Å²) in [5.74, 6) is 0.725. The minimum absolute atomic E-state index is 0.173. The van der Waals surface area contributed by atoms with Crippen molar-refractivity contribution in [1.82, 2.24) is 14.5 Å². The number of halogens is 1. The molecule has 0 amide bonds. The molecule has 0 radical (unpaired) electrons. The van der Waals surface area contributed by atoms with Crippen molar-refractivity contribution in [3.8, 4) is 0 Å². The Labute approximate surface area is 122 Å². The Kier molecular flexibility index (Phi) is 3.77. The van der Waals surface area contributed by atoms with Gasteiger partial charge in [-0.25, -0.2) is 14.4 Å². The normalized spacial score (nSPS) is 25.6. The monoisotopic (exact) mass is 294 g/mol. The predicted octanol–water partition coefficient (Wildman–Crippen LogP) is 1.65. The van der Waals surface area contributed by atoms with Crippen LogP contribution in [0.3, 0.4) is 0 Å². The third-order valence-electron chi connectivity index (χ3n) is 3.91. The van der Waals surface area contributed by atoms with Crippen LogP contribution in [0.15, 0.2) is 12.5 Å². The summed E-state index contributed by atoms with van der Waals surface area (Å²) in [6, 6.07) is 0. The number of hydrogen-bond acceptors (Lipinski definition) is 5. The Morgan fingerprint density at radius 1 is 1.52 bits per heavy atom. The van der Waals surface area contributed by atoms with Gasteiger partial charge in [-0.2, -0.15) is 0 Å². The third kappa shape index (κ3) is 2.26. The number of rotatable bonds is 4. The molecule has 0 aromatic carbocycles. The lowest BCUT2D eigenvalue weighted by Gasteiger charge is -2.16. The molecule has 0 aliphatic carbocycles. The number of ether oxygens (including phenoxy) is 1. The van der Waals surface area contributed by atoms with Crippen molar-refractivity contribution in [3.63, 3.8) is 0 Å². The van der Waals surface area contributed by atoms with Gasteiger partial charge in [0.05, 0.1) is 18.1 Å². The first-order chi connectivity index (χ1) is 10.2. The average Bonchev–Trinajstić information content (AvgIpc) is 3.07. The van der Waals surface area contributed by atoms with Crippen molar-refractivity contribution >= 4 is 16.9 Å². The molecule has 1 aliphatic heterocycles. The van der Waals surface area contributed by atoms with Crippen LogP contribution in [0.4, 0.5) is 10.2 Å². The quantitative estimate of drug-likeness (QED) is 0.897. The highest BCUT2D eigenvalue weighted by atomic mass is 19.1. The zero-order chi connectivity index (χ0) is 15.0. The predicted molar refractivity (Wildman–Crippen MR) is 77.0 cm³/mol. The summed E-state index contributed by atoms with van der Waals surface area (Å²) in [6.45, 7) is 1.86. The lowest BCUT2D eigenvalue weighted by atomic mass is 10.2. The fraction of sp³-hybridized carbons (Fsp3) is 0.571. The van der Waals surface area contributed by atoms with Gasteiger partial charge in [0.1, 0.15) is 24.0 Å². The lowest BCUT2D eigenvalue weighted by molar-refractivity contribution is -0.0349. The Hall–Kier alpha value is -1.73. The van der Waals surface area contributed by atoms with Gasteiger partial charge in [-0.1, -0.05) is 6.92 Å². The van der Waals surface area contributed by atoms with Crippen LogP contribution < -0.4 is 5.32 Å². The van der Waals surface area contributed by atoms with Crippen molar-refractivity contribution < 1.29 is 14.2 Å². The van der Waals surface area contributed by atoms with Crippen molar-refractivity contribution in [3.05, 3.63) is 18.1 Å². The first kappa shape index (κ1) is 14.2. The van der Waals surface area contributed by atoms with Gasteiger partial charge in [0.2, 0.25) is 0 Å². The van der Waals surface area contributed by atoms with E-state index in [9.17, 15) is 4.39 Å². The van der Waals surface area contributed by atoms with Gasteiger partial charge < -0.3 is 19.7 Å². The summed E-state index contributed by atoms with van der Waals surface area (Å²) in [6.07, 6.45) is 1.95. The molecule has 21 heavy (non-hydrogen) atoms. The van der Waals surface area contributed by atoms with E-state index in [-0.39, 0.29) is 13.0 Å². The minimum Gasteiger partial charge on any atom is -0.394 e. The SMILES string of the molecule is CCc1cn([C@@H]2OC(CO)C[C@H]2F)c2ncnc(NC)c12. The van der Waals surface area contributed by atoms with Crippen LogP contribution in [0.1, 0.15) is 25.1 Å². The number of aromatic nitrogens is 3. The van der Waals surface area contributed by atoms with Crippen LogP contribution in [0, 0.1) is 0 Å². The number of alkyl halides is 1. The number of nitrogens with one attached hydrogen (secondary N) is 1. The maximum Gasteiger partial charge on any atom is 0.167 e. The average molecular weight is 294 g/mol. The fourth-order valence-electron chi connectivity index (χ4n) is 2.88. The van der Waals surface area contributed by atoms with Crippen LogP contribution >= 0.6 is 0 Å². The molecule has 0 spiro atoms. The van der Waals surface area contributed by atoms with E-state index in [1.165, 1.54) is 6.33 Å². The lowest BCUT2D eigenvalue weighted by Crippen LogP contribution is -2.16. The summed E-state index contributed by atoms with van der Waals surface area (Å²) < 4.78 is 21.5. The second kappa shape index (κ2) is 5.57. The number of hydrogen-bond donors (Lipinski definition) is 2. The number of anilines is 1. The molecule has 0 bridgehead atoms. The fourth-order valence-corrected chi connectivity index (χ4v) is 2.88. The van der Waals surface area contributed by atoms with Crippen LogP contribution in [-0.2, 0) is 11.2 Å². The molecule has 2 aromatic heterocycles. The highest BCUT2D eigenvalue weighted by Gasteiger charge is 2.37. The summed E-state index contributed by atoms with van der Waals surface area (Å²) >= 11 is 0. The van der Waals surface area contributed by atoms with Gasteiger partial charge in [0.15, 0.2) is 6.23 Å². The smallest absolute Gasteiger partial charge is 0.167 e. The standard InChI is InChI=1S/C14H19FN4O2/c1-3-8-5-19(14-10(15)4-9(6-20)21-14)13-11(8)12(16-2)17-7-18-13/h5,7,9-10,14,20H,3-4,6H2,1-2H3,(H,16,17,18)/t9?,10-,14-/m1/s1. The van der Waals surface area contributed by atoms with Gasteiger partial charge in [0.25, 0.3) is 0 Å². The zero-order valence-electron chi connectivity index (χ0n) is 12.1. The maximum atomic E-state index is 14.2. The summed E-state index contributed by atoms with van der Waals surface area (Å²) in [7, 11) is 1.80. The van der Waals surface area contributed by atoms with Crippen LogP contribution in [0.5, 0.6) is 0 Å². The molecule has 2 aromatic rings. The van der Waals surface area contributed by atoms with E-state index in [2.05, 4.69) is 15.3 Å².